The van der Waals surface area contributed by atoms with Crippen molar-refractivity contribution in [2.75, 3.05) is 25.6 Å². The highest BCUT2D eigenvalue weighted by Gasteiger charge is 2.28. The zero-order chi connectivity index (χ0) is 20.3. The smallest absolute Gasteiger partial charge is 0.262 e. The average molecular weight is 404 g/mol. The molecule has 3 N–H and O–H groups in total. The Morgan fingerprint density at radius 2 is 2.07 bits per heavy atom. The Balaban J connectivity index is 1.71. The van der Waals surface area contributed by atoms with Crippen LogP contribution in [0.25, 0.3) is 0 Å². The SMILES string of the molecule is COc1cccc(OCC(=O)Nc2sc3c(c2C(N)=O)CCN(C(C)C)C3)c1. The van der Waals surface area contributed by atoms with Gasteiger partial charge in [-0.3, -0.25) is 14.5 Å². The summed E-state index contributed by atoms with van der Waals surface area (Å²) < 4.78 is 10.7. The number of anilines is 1. The van der Waals surface area contributed by atoms with Gasteiger partial charge in [0, 0.05) is 30.1 Å². The van der Waals surface area contributed by atoms with E-state index in [1.54, 1.807) is 31.4 Å². The summed E-state index contributed by atoms with van der Waals surface area (Å²) in [7, 11) is 1.57. The molecule has 28 heavy (non-hydrogen) atoms. The third-order valence-electron chi connectivity index (χ3n) is 4.73. The summed E-state index contributed by atoms with van der Waals surface area (Å²) in [5, 5.41) is 3.30. The van der Waals surface area contributed by atoms with Crippen molar-refractivity contribution in [1.29, 1.82) is 0 Å². The molecule has 1 aromatic carbocycles. The van der Waals surface area contributed by atoms with E-state index >= 15 is 0 Å². The van der Waals surface area contributed by atoms with E-state index in [0.29, 0.717) is 28.1 Å². The number of hydrogen-bond acceptors (Lipinski definition) is 6. The highest BCUT2D eigenvalue weighted by Crippen LogP contribution is 2.37. The van der Waals surface area contributed by atoms with Crippen molar-refractivity contribution in [1.82, 2.24) is 4.90 Å². The summed E-state index contributed by atoms with van der Waals surface area (Å²) in [6.07, 6.45) is 0.748. The number of carbonyl (C=O) groups is 2. The van der Waals surface area contributed by atoms with Crippen molar-refractivity contribution in [2.24, 2.45) is 5.73 Å². The minimum atomic E-state index is -0.514. The topological polar surface area (TPSA) is 93.9 Å². The van der Waals surface area contributed by atoms with Crippen LogP contribution in [0, 0.1) is 0 Å². The molecule has 0 fully saturated rings. The van der Waals surface area contributed by atoms with Crippen molar-refractivity contribution < 1.29 is 19.1 Å². The standard InChI is InChI=1S/C20H25N3O4S/c1-12(2)23-8-7-15-16(10-23)28-20(18(15)19(21)25)22-17(24)11-27-14-6-4-5-13(9-14)26-3/h4-6,9,12H,7-8,10-11H2,1-3H3,(H2,21,25)(H,22,24). The van der Waals surface area contributed by atoms with Gasteiger partial charge in [0.2, 0.25) is 0 Å². The lowest BCUT2D eigenvalue weighted by Gasteiger charge is -2.30. The predicted molar refractivity (Wildman–Crippen MR) is 109 cm³/mol. The second-order valence-electron chi connectivity index (χ2n) is 6.90. The van der Waals surface area contributed by atoms with Crippen molar-refractivity contribution >= 4 is 28.2 Å². The van der Waals surface area contributed by atoms with Crippen LogP contribution in [-0.4, -0.2) is 43.0 Å². The highest BCUT2D eigenvalue weighted by molar-refractivity contribution is 7.17. The molecule has 2 aromatic rings. The maximum absolute atomic E-state index is 12.4. The molecule has 2 amide bonds. The van der Waals surface area contributed by atoms with Gasteiger partial charge in [-0.15, -0.1) is 11.3 Å². The molecule has 8 heteroatoms. The number of nitrogens with zero attached hydrogens (tertiary/aromatic N) is 1. The largest absolute Gasteiger partial charge is 0.497 e. The number of primary amides is 1. The van der Waals surface area contributed by atoms with Gasteiger partial charge in [0.15, 0.2) is 6.61 Å². The summed E-state index contributed by atoms with van der Waals surface area (Å²) in [6, 6.07) is 7.44. The Hall–Kier alpha value is -2.58. The molecule has 0 spiro atoms. The fourth-order valence-electron chi connectivity index (χ4n) is 3.22. The summed E-state index contributed by atoms with van der Waals surface area (Å²) >= 11 is 1.42. The molecule has 0 saturated heterocycles. The molecule has 0 aliphatic carbocycles. The number of hydrogen-bond donors (Lipinski definition) is 2. The van der Waals surface area contributed by atoms with E-state index in [-0.39, 0.29) is 12.5 Å². The second kappa shape index (κ2) is 8.62. The first-order valence-electron chi connectivity index (χ1n) is 9.14. The number of fused-ring (bicyclic) bond motifs is 1. The molecular formula is C20H25N3O4S. The van der Waals surface area contributed by atoms with Crippen LogP contribution in [0.5, 0.6) is 11.5 Å². The van der Waals surface area contributed by atoms with E-state index in [1.807, 2.05) is 0 Å². The first-order valence-corrected chi connectivity index (χ1v) is 9.95. The van der Waals surface area contributed by atoms with E-state index < -0.39 is 5.91 Å². The number of ether oxygens (including phenoxy) is 2. The van der Waals surface area contributed by atoms with Crippen LogP contribution in [0.2, 0.25) is 0 Å². The number of carbonyl (C=O) groups excluding carboxylic acids is 2. The van der Waals surface area contributed by atoms with Crippen LogP contribution in [0.3, 0.4) is 0 Å². The maximum Gasteiger partial charge on any atom is 0.262 e. The van der Waals surface area contributed by atoms with Gasteiger partial charge >= 0.3 is 0 Å². The van der Waals surface area contributed by atoms with Crippen LogP contribution in [0.4, 0.5) is 5.00 Å². The van der Waals surface area contributed by atoms with Crippen molar-refractivity contribution in [3.8, 4) is 11.5 Å². The number of methoxy groups -OCH3 is 1. The van der Waals surface area contributed by atoms with Crippen LogP contribution >= 0.6 is 11.3 Å². The summed E-state index contributed by atoms with van der Waals surface area (Å²) in [6.45, 7) is 5.74. The Kier molecular flexibility index (Phi) is 6.21. The average Bonchev–Trinajstić information content (AvgIpc) is 3.03. The van der Waals surface area contributed by atoms with Crippen LogP contribution in [0.1, 0.15) is 34.6 Å². The lowest BCUT2D eigenvalue weighted by Crippen LogP contribution is -2.35. The fraction of sp³-hybridized carbons (Fsp3) is 0.400. The van der Waals surface area contributed by atoms with Gasteiger partial charge in [-0.2, -0.15) is 0 Å². The van der Waals surface area contributed by atoms with Crippen molar-refractivity contribution in [3.05, 3.63) is 40.3 Å². The Morgan fingerprint density at radius 3 is 2.75 bits per heavy atom. The van der Waals surface area contributed by atoms with Gasteiger partial charge in [-0.1, -0.05) is 6.07 Å². The van der Waals surface area contributed by atoms with E-state index in [9.17, 15) is 9.59 Å². The van der Waals surface area contributed by atoms with E-state index in [1.165, 1.54) is 11.3 Å². The Bertz CT molecular complexity index is 878. The van der Waals surface area contributed by atoms with Gasteiger partial charge in [0.1, 0.15) is 16.5 Å². The molecule has 0 atom stereocenters. The quantitative estimate of drug-likeness (QED) is 0.741. The lowest BCUT2D eigenvalue weighted by molar-refractivity contribution is -0.118. The number of rotatable bonds is 7. The molecule has 3 rings (SSSR count). The van der Waals surface area contributed by atoms with Gasteiger partial charge in [-0.25, -0.2) is 0 Å². The molecule has 0 unspecified atom stereocenters. The van der Waals surface area contributed by atoms with E-state index in [2.05, 4.69) is 24.1 Å². The van der Waals surface area contributed by atoms with Gasteiger partial charge in [0.05, 0.1) is 12.7 Å². The maximum atomic E-state index is 12.4. The Morgan fingerprint density at radius 1 is 1.32 bits per heavy atom. The molecule has 0 bridgehead atoms. The zero-order valence-corrected chi connectivity index (χ0v) is 17.1. The number of nitrogens with two attached hydrogens (primary N) is 1. The minimum Gasteiger partial charge on any atom is -0.497 e. The molecule has 7 nitrogen and oxygen atoms in total. The fourth-order valence-corrected chi connectivity index (χ4v) is 4.51. The molecule has 150 valence electrons. The molecule has 1 aliphatic rings. The van der Waals surface area contributed by atoms with Crippen molar-refractivity contribution in [3.63, 3.8) is 0 Å². The number of thiophene rings is 1. The van der Waals surface area contributed by atoms with Crippen LogP contribution < -0.4 is 20.5 Å². The summed E-state index contributed by atoms with van der Waals surface area (Å²) in [4.78, 5) is 27.8. The highest BCUT2D eigenvalue weighted by atomic mass is 32.1. The van der Waals surface area contributed by atoms with Crippen LogP contribution in [0.15, 0.2) is 24.3 Å². The molecule has 2 heterocycles. The molecular weight excluding hydrogens is 378 g/mol. The summed E-state index contributed by atoms with van der Waals surface area (Å²) in [5.74, 6) is 0.321. The number of nitrogens with one attached hydrogen (secondary N) is 1. The van der Waals surface area contributed by atoms with E-state index in [4.69, 9.17) is 15.2 Å². The molecule has 1 aliphatic heterocycles. The van der Waals surface area contributed by atoms with Gasteiger partial charge in [0.25, 0.3) is 11.8 Å². The third kappa shape index (κ3) is 4.45. The first kappa shape index (κ1) is 20.2. The zero-order valence-electron chi connectivity index (χ0n) is 16.3. The molecule has 1 aromatic heterocycles. The minimum absolute atomic E-state index is 0.175. The Labute approximate surface area is 168 Å². The third-order valence-corrected chi connectivity index (χ3v) is 5.86. The molecule has 0 radical (unpaired) electrons. The first-order chi connectivity index (χ1) is 13.4. The predicted octanol–water partition coefficient (Wildman–Crippen LogP) is 2.64. The lowest BCUT2D eigenvalue weighted by atomic mass is 10.0. The number of amides is 2. The van der Waals surface area contributed by atoms with Gasteiger partial charge in [-0.05, 0) is 38.0 Å². The molecule has 0 saturated carbocycles. The van der Waals surface area contributed by atoms with Crippen LogP contribution in [-0.2, 0) is 17.8 Å². The second-order valence-corrected chi connectivity index (χ2v) is 8.01. The normalized spacial score (nSPS) is 13.9. The number of benzene rings is 1. The van der Waals surface area contributed by atoms with Crippen molar-refractivity contribution in [2.45, 2.75) is 32.9 Å². The monoisotopic (exact) mass is 403 g/mol. The summed E-state index contributed by atoms with van der Waals surface area (Å²) in [5.41, 5.74) is 6.99. The van der Waals surface area contributed by atoms with Gasteiger partial charge < -0.3 is 20.5 Å². The van der Waals surface area contributed by atoms with E-state index in [0.717, 1.165) is 30.0 Å².